The Hall–Kier alpha value is -2.27. The van der Waals surface area contributed by atoms with E-state index in [4.69, 9.17) is 28.2 Å². The van der Waals surface area contributed by atoms with Crippen LogP contribution in [0, 0.1) is 13.8 Å². The fourth-order valence-corrected chi connectivity index (χ4v) is 5.35. The molecule has 0 aliphatic heterocycles. The van der Waals surface area contributed by atoms with Crippen molar-refractivity contribution in [1.82, 2.24) is 9.55 Å². The summed E-state index contributed by atoms with van der Waals surface area (Å²) in [6.45, 7) is 11.0. The number of aryl methyl sites for hydroxylation is 2. The van der Waals surface area contributed by atoms with Crippen LogP contribution in [0.1, 0.15) is 43.0 Å². The highest BCUT2D eigenvalue weighted by Gasteiger charge is 2.18. The van der Waals surface area contributed by atoms with Gasteiger partial charge in [0.05, 0.1) is 16.6 Å². The van der Waals surface area contributed by atoms with Crippen molar-refractivity contribution in [3.8, 4) is 5.69 Å². The van der Waals surface area contributed by atoms with Gasteiger partial charge < -0.3 is 0 Å². The van der Waals surface area contributed by atoms with E-state index in [2.05, 4.69) is 46.8 Å². The average molecular weight is 497 g/mol. The lowest BCUT2D eigenvalue weighted by Crippen LogP contribution is -2.21. The van der Waals surface area contributed by atoms with E-state index in [0.29, 0.717) is 31.9 Å². The molecule has 0 unspecified atom stereocenters. The van der Waals surface area contributed by atoms with Gasteiger partial charge in [0.2, 0.25) is 0 Å². The van der Waals surface area contributed by atoms with Crippen molar-refractivity contribution in [2.45, 2.75) is 50.9 Å². The number of fused-ring (bicyclic) bond motifs is 1. The Bertz CT molecular complexity index is 1380. The summed E-state index contributed by atoms with van der Waals surface area (Å²) in [6.07, 6.45) is 0. The summed E-state index contributed by atoms with van der Waals surface area (Å²) in [7, 11) is 0. The molecule has 0 radical (unpaired) electrons. The van der Waals surface area contributed by atoms with Crippen molar-refractivity contribution < 1.29 is 0 Å². The summed E-state index contributed by atoms with van der Waals surface area (Å²) in [5, 5.41) is 2.32. The van der Waals surface area contributed by atoms with E-state index in [9.17, 15) is 4.79 Å². The molecule has 0 aliphatic rings. The molecular formula is C27H26Cl2N2OS. The zero-order valence-corrected chi connectivity index (χ0v) is 21.7. The van der Waals surface area contributed by atoms with E-state index < -0.39 is 0 Å². The van der Waals surface area contributed by atoms with E-state index in [-0.39, 0.29) is 11.0 Å². The Morgan fingerprint density at radius 2 is 1.52 bits per heavy atom. The number of aromatic nitrogens is 2. The van der Waals surface area contributed by atoms with Crippen LogP contribution in [-0.2, 0) is 11.2 Å². The Labute approximate surface area is 208 Å². The molecule has 0 saturated carbocycles. The molecule has 0 spiro atoms. The lowest BCUT2D eigenvalue weighted by molar-refractivity contribution is 0.589. The highest BCUT2D eigenvalue weighted by molar-refractivity contribution is 7.98. The van der Waals surface area contributed by atoms with Gasteiger partial charge in [0.1, 0.15) is 0 Å². The topological polar surface area (TPSA) is 34.9 Å². The maximum absolute atomic E-state index is 13.5. The minimum Gasteiger partial charge on any atom is -0.268 e. The van der Waals surface area contributed by atoms with Crippen molar-refractivity contribution in [2.75, 3.05) is 0 Å². The van der Waals surface area contributed by atoms with Gasteiger partial charge in [-0.05, 0) is 84.0 Å². The summed E-state index contributed by atoms with van der Waals surface area (Å²) >= 11 is 13.8. The van der Waals surface area contributed by atoms with Crippen LogP contribution in [0.2, 0.25) is 10.0 Å². The van der Waals surface area contributed by atoms with Crippen LogP contribution < -0.4 is 5.56 Å². The zero-order chi connectivity index (χ0) is 23.9. The molecule has 0 aliphatic carbocycles. The molecule has 3 nitrogen and oxygen atoms in total. The first-order chi connectivity index (χ1) is 15.5. The number of hydrogen-bond donors (Lipinski definition) is 0. The Balaban J connectivity index is 1.81. The number of nitrogens with zero attached hydrogens (tertiary/aromatic N) is 2. The second kappa shape index (κ2) is 9.17. The lowest BCUT2D eigenvalue weighted by Gasteiger charge is -2.22. The predicted octanol–water partition coefficient (Wildman–Crippen LogP) is 7.90. The van der Waals surface area contributed by atoms with Crippen molar-refractivity contribution in [3.05, 3.63) is 97.3 Å². The second-order valence-corrected chi connectivity index (χ2v) is 11.1. The first-order valence-electron chi connectivity index (χ1n) is 10.8. The monoisotopic (exact) mass is 496 g/mol. The molecule has 0 atom stereocenters. The smallest absolute Gasteiger partial charge is 0.266 e. The van der Waals surface area contributed by atoms with Crippen LogP contribution in [0.5, 0.6) is 0 Å². The van der Waals surface area contributed by atoms with E-state index in [0.717, 1.165) is 5.69 Å². The van der Waals surface area contributed by atoms with Gasteiger partial charge in [-0.1, -0.05) is 67.9 Å². The van der Waals surface area contributed by atoms with Gasteiger partial charge in [0.15, 0.2) is 5.16 Å². The molecule has 0 bridgehead atoms. The quantitative estimate of drug-likeness (QED) is 0.212. The fraction of sp³-hybridized carbons (Fsp3) is 0.259. The maximum atomic E-state index is 13.5. The van der Waals surface area contributed by atoms with E-state index in [1.807, 2.05) is 12.1 Å². The van der Waals surface area contributed by atoms with Gasteiger partial charge in [-0.25, -0.2) is 4.98 Å². The molecule has 3 aromatic carbocycles. The third-order valence-corrected chi connectivity index (χ3v) is 7.25. The molecular weight excluding hydrogens is 471 g/mol. The standard InChI is InChI=1S/C27H26Cl2N2OS/c1-16-12-18(27(3,4)5)13-17(2)23(16)15-33-26-30-24-14-20(29)8-11-22(24)25(32)31(26)21-9-6-19(28)7-10-21/h6-14H,15H2,1-5H3. The van der Waals surface area contributed by atoms with Crippen molar-refractivity contribution in [1.29, 1.82) is 0 Å². The SMILES string of the molecule is Cc1cc(C(C)(C)C)cc(C)c1CSc1nc2cc(Cl)ccc2c(=O)n1-c1ccc(Cl)cc1. The second-order valence-electron chi connectivity index (χ2n) is 9.30. The Kier molecular flexibility index (Phi) is 6.63. The molecule has 4 rings (SSSR count). The van der Waals surface area contributed by atoms with Gasteiger partial charge in [0, 0.05) is 15.8 Å². The van der Waals surface area contributed by atoms with Crippen LogP contribution in [-0.4, -0.2) is 9.55 Å². The lowest BCUT2D eigenvalue weighted by atomic mass is 9.84. The number of benzene rings is 3. The van der Waals surface area contributed by atoms with Crippen LogP contribution in [0.4, 0.5) is 0 Å². The molecule has 6 heteroatoms. The first-order valence-corrected chi connectivity index (χ1v) is 12.5. The third kappa shape index (κ3) is 4.98. The van der Waals surface area contributed by atoms with Crippen LogP contribution in [0.25, 0.3) is 16.6 Å². The molecule has 0 saturated heterocycles. The molecule has 1 heterocycles. The Morgan fingerprint density at radius 1 is 0.909 bits per heavy atom. The van der Waals surface area contributed by atoms with Gasteiger partial charge in [-0.15, -0.1) is 0 Å². The third-order valence-electron chi connectivity index (χ3n) is 5.79. The minimum absolute atomic E-state index is 0.0927. The van der Waals surface area contributed by atoms with Crippen molar-refractivity contribution in [3.63, 3.8) is 0 Å². The summed E-state index contributed by atoms with van der Waals surface area (Å²) in [5.41, 5.74) is 6.37. The number of thioether (sulfide) groups is 1. The number of rotatable bonds is 4. The van der Waals surface area contributed by atoms with Crippen LogP contribution >= 0.6 is 35.0 Å². The summed E-state index contributed by atoms with van der Waals surface area (Å²) < 4.78 is 1.66. The summed E-state index contributed by atoms with van der Waals surface area (Å²) in [4.78, 5) is 18.3. The normalized spacial score (nSPS) is 11.8. The van der Waals surface area contributed by atoms with E-state index >= 15 is 0 Å². The zero-order valence-electron chi connectivity index (χ0n) is 19.4. The summed E-state index contributed by atoms with van der Waals surface area (Å²) in [6, 6.07) is 17.0. The van der Waals surface area contributed by atoms with E-state index in [1.165, 1.54) is 22.3 Å². The van der Waals surface area contributed by atoms with Gasteiger partial charge in [0.25, 0.3) is 5.56 Å². The molecule has 0 N–H and O–H groups in total. The Morgan fingerprint density at radius 3 is 2.12 bits per heavy atom. The molecule has 4 aromatic rings. The van der Waals surface area contributed by atoms with Crippen molar-refractivity contribution in [2.24, 2.45) is 0 Å². The van der Waals surface area contributed by atoms with Crippen molar-refractivity contribution >= 4 is 45.9 Å². The molecule has 1 aromatic heterocycles. The fourth-order valence-electron chi connectivity index (χ4n) is 3.84. The molecule has 170 valence electrons. The molecule has 0 fully saturated rings. The number of hydrogen-bond acceptors (Lipinski definition) is 3. The van der Waals surface area contributed by atoms with Gasteiger partial charge >= 0.3 is 0 Å². The molecule has 33 heavy (non-hydrogen) atoms. The van der Waals surface area contributed by atoms with Gasteiger partial charge in [-0.3, -0.25) is 9.36 Å². The predicted molar refractivity (Wildman–Crippen MR) is 142 cm³/mol. The van der Waals surface area contributed by atoms with Gasteiger partial charge in [-0.2, -0.15) is 0 Å². The van der Waals surface area contributed by atoms with Crippen LogP contribution in [0.15, 0.2) is 64.5 Å². The van der Waals surface area contributed by atoms with Crippen LogP contribution in [0.3, 0.4) is 0 Å². The average Bonchev–Trinajstić information content (AvgIpc) is 2.73. The number of halogens is 2. The first kappa shape index (κ1) is 23.9. The highest BCUT2D eigenvalue weighted by atomic mass is 35.5. The summed E-state index contributed by atoms with van der Waals surface area (Å²) in [5.74, 6) is 0.703. The van der Waals surface area contributed by atoms with E-state index in [1.54, 1.807) is 46.7 Å². The minimum atomic E-state index is -0.127. The largest absolute Gasteiger partial charge is 0.268 e. The molecule has 0 amide bonds. The highest BCUT2D eigenvalue weighted by Crippen LogP contribution is 2.31. The maximum Gasteiger partial charge on any atom is 0.266 e.